The maximum atomic E-state index is 13.6. The number of rotatable bonds is 1. The summed E-state index contributed by atoms with van der Waals surface area (Å²) in [6.45, 7) is 5.77. The highest BCUT2D eigenvalue weighted by Gasteiger charge is 2.22. The van der Waals surface area contributed by atoms with Crippen molar-refractivity contribution in [2.75, 3.05) is 19.8 Å². The molecule has 0 spiro atoms. The molecule has 1 aromatic rings. The minimum atomic E-state index is -0.252. The van der Waals surface area contributed by atoms with Crippen molar-refractivity contribution < 1.29 is 9.13 Å². The summed E-state index contributed by atoms with van der Waals surface area (Å²) >= 11 is 6.00. The van der Waals surface area contributed by atoms with Gasteiger partial charge in [0.2, 0.25) is 0 Å². The van der Waals surface area contributed by atoms with E-state index in [-0.39, 0.29) is 11.9 Å². The van der Waals surface area contributed by atoms with Crippen molar-refractivity contribution in [1.82, 2.24) is 5.32 Å². The van der Waals surface area contributed by atoms with Crippen LogP contribution in [0.3, 0.4) is 0 Å². The third-order valence-corrected chi connectivity index (χ3v) is 3.44. The lowest BCUT2D eigenvalue weighted by Gasteiger charge is -2.27. The summed E-state index contributed by atoms with van der Waals surface area (Å²) in [4.78, 5) is 0. The van der Waals surface area contributed by atoms with Crippen LogP contribution in [0.2, 0.25) is 5.02 Å². The van der Waals surface area contributed by atoms with Crippen LogP contribution in [-0.2, 0) is 4.74 Å². The minimum Gasteiger partial charge on any atom is -0.378 e. The Kier molecular flexibility index (Phi) is 3.47. The number of halogens is 2. The SMILES string of the molecule is Cc1c(F)cc(Cl)c(C)c1C1COCCN1. The van der Waals surface area contributed by atoms with E-state index in [4.69, 9.17) is 16.3 Å². The second kappa shape index (κ2) is 4.70. The van der Waals surface area contributed by atoms with E-state index < -0.39 is 0 Å². The van der Waals surface area contributed by atoms with Crippen molar-refractivity contribution in [3.05, 3.63) is 33.6 Å². The Morgan fingerprint density at radius 1 is 1.44 bits per heavy atom. The molecular formula is C12H15ClFNO. The Morgan fingerprint density at radius 2 is 2.19 bits per heavy atom. The van der Waals surface area contributed by atoms with Gasteiger partial charge in [0.15, 0.2) is 0 Å². The van der Waals surface area contributed by atoms with Crippen LogP contribution in [-0.4, -0.2) is 19.8 Å². The fourth-order valence-corrected chi connectivity index (χ4v) is 2.34. The van der Waals surface area contributed by atoms with E-state index in [1.807, 2.05) is 6.92 Å². The molecule has 0 aromatic heterocycles. The van der Waals surface area contributed by atoms with Crippen molar-refractivity contribution in [2.45, 2.75) is 19.9 Å². The monoisotopic (exact) mass is 243 g/mol. The third-order valence-electron chi connectivity index (χ3n) is 3.05. The zero-order valence-corrected chi connectivity index (χ0v) is 10.2. The van der Waals surface area contributed by atoms with Gasteiger partial charge in [0.1, 0.15) is 5.82 Å². The van der Waals surface area contributed by atoms with Gasteiger partial charge in [0.25, 0.3) is 0 Å². The van der Waals surface area contributed by atoms with Gasteiger partial charge in [-0.05, 0) is 36.6 Å². The van der Waals surface area contributed by atoms with Crippen LogP contribution >= 0.6 is 11.6 Å². The second-order valence-corrected chi connectivity index (χ2v) is 4.49. The van der Waals surface area contributed by atoms with E-state index in [2.05, 4.69) is 5.32 Å². The van der Waals surface area contributed by atoms with Gasteiger partial charge in [0.05, 0.1) is 19.3 Å². The van der Waals surface area contributed by atoms with E-state index in [0.717, 1.165) is 17.7 Å². The van der Waals surface area contributed by atoms with Gasteiger partial charge < -0.3 is 10.1 Å². The quantitative estimate of drug-likeness (QED) is 0.819. The molecule has 0 bridgehead atoms. The Labute approximate surface area is 99.7 Å². The average molecular weight is 244 g/mol. The Hall–Kier alpha value is -0.640. The molecule has 1 heterocycles. The molecule has 1 aliphatic heterocycles. The lowest BCUT2D eigenvalue weighted by atomic mass is 9.95. The fraction of sp³-hybridized carbons (Fsp3) is 0.500. The maximum Gasteiger partial charge on any atom is 0.127 e. The zero-order valence-electron chi connectivity index (χ0n) is 9.44. The summed E-state index contributed by atoms with van der Waals surface area (Å²) in [6.07, 6.45) is 0. The summed E-state index contributed by atoms with van der Waals surface area (Å²) in [5, 5.41) is 3.80. The summed E-state index contributed by atoms with van der Waals surface area (Å²) in [5.41, 5.74) is 2.53. The topological polar surface area (TPSA) is 21.3 Å². The molecule has 0 radical (unpaired) electrons. The first kappa shape index (κ1) is 11.8. The molecule has 1 atom stereocenters. The van der Waals surface area contributed by atoms with Gasteiger partial charge in [-0.3, -0.25) is 0 Å². The van der Waals surface area contributed by atoms with Gasteiger partial charge in [-0.15, -0.1) is 0 Å². The normalized spacial score (nSPS) is 21.1. The molecule has 2 rings (SSSR count). The van der Waals surface area contributed by atoms with Crippen LogP contribution in [0.15, 0.2) is 6.07 Å². The number of ether oxygens (including phenoxy) is 1. The smallest absolute Gasteiger partial charge is 0.127 e. The summed E-state index contributed by atoms with van der Waals surface area (Å²) in [7, 11) is 0. The maximum absolute atomic E-state index is 13.6. The van der Waals surface area contributed by atoms with Crippen LogP contribution in [0, 0.1) is 19.7 Å². The Morgan fingerprint density at radius 3 is 2.81 bits per heavy atom. The molecule has 88 valence electrons. The number of hydrogen-bond acceptors (Lipinski definition) is 2. The van der Waals surface area contributed by atoms with E-state index in [0.29, 0.717) is 23.8 Å². The average Bonchev–Trinajstić information content (AvgIpc) is 2.28. The first-order valence-electron chi connectivity index (χ1n) is 5.37. The highest BCUT2D eigenvalue weighted by Crippen LogP contribution is 2.30. The van der Waals surface area contributed by atoms with Crippen LogP contribution in [0.4, 0.5) is 4.39 Å². The fourth-order valence-electron chi connectivity index (χ4n) is 2.14. The van der Waals surface area contributed by atoms with E-state index in [9.17, 15) is 4.39 Å². The highest BCUT2D eigenvalue weighted by molar-refractivity contribution is 6.31. The Bertz CT molecular complexity index is 376. The van der Waals surface area contributed by atoms with Crippen LogP contribution in [0.25, 0.3) is 0 Å². The van der Waals surface area contributed by atoms with E-state index >= 15 is 0 Å². The molecule has 4 heteroatoms. The third kappa shape index (κ3) is 2.08. The molecule has 0 amide bonds. The van der Waals surface area contributed by atoms with E-state index in [1.54, 1.807) is 6.92 Å². The molecule has 1 N–H and O–H groups in total. The predicted molar refractivity (Wildman–Crippen MR) is 62.4 cm³/mol. The minimum absolute atomic E-state index is 0.0435. The van der Waals surface area contributed by atoms with Gasteiger partial charge >= 0.3 is 0 Å². The van der Waals surface area contributed by atoms with Gasteiger partial charge in [-0.25, -0.2) is 4.39 Å². The first-order chi connectivity index (χ1) is 7.61. The van der Waals surface area contributed by atoms with Crippen molar-refractivity contribution in [3.8, 4) is 0 Å². The lowest BCUT2D eigenvalue weighted by molar-refractivity contribution is 0.0764. The molecule has 1 unspecified atom stereocenters. The number of morpholine rings is 1. The number of benzene rings is 1. The Balaban J connectivity index is 2.45. The molecule has 2 nitrogen and oxygen atoms in total. The van der Waals surface area contributed by atoms with Crippen molar-refractivity contribution in [3.63, 3.8) is 0 Å². The summed E-state index contributed by atoms with van der Waals surface area (Å²) < 4.78 is 19.0. The van der Waals surface area contributed by atoms with Gasteiger partial charge in [-0.1, -0.05) is 11.6 Å². The van der Waals surface area contributed by atoms with Gasteiger partial charge in [0, 0.05) is 11.6 Å². The molecule has 1 saturated heterocycles. The standard InChI is InChI=1S/C12H15ClFNO/c1-7-9(13)5-10(14)8(2)12(7)11-6-16-4-3-15-11/h5,11,15H,3-4,6H2,1-2H3. The molecule has 1 aliphatic rings. The largest absolute Gasteiger partial charge is 0.378 e. The van der Waals surface area contributed by atoms with Gasteiger partial charge in [-0.2, -0.15) is 0 Å². The van der Waals surface area contributed by atoms with Crippen LogP contribution in [0.1, 0.15) is 22.7 Å². The number of nitrogens with one attached hydrogen (secondary N) is 1. The molecule has 1 aromatic carbocycles. The molecule has 1 fully saturated rings. The van der Waals surface area contributed by atoms with Crippen LogP contribution < -0.4 is 5.32 Å². The van der Waals surface area contributed by atoms with Crippen molar-refractivity contribution in [1.29, 1.82) is 0 Å². The molecule has 0 aliphatic carbocycles. The van der Waals surface area contributed by atoms with E-state index in [1.165, 1.54) is 6.07 Å². The van der Waals surface area contributed by atoms with Crippen molar-refractivity contribution in [2.24, 2.45) is 0 Å². The summed E-state index contributed by atoms with van der Waals surface area (Å²) in [5.74, 6) is -0.252. The molecule has 16 heavy (non-hydrogen) atoms. The number of hydrogen-bond donors (Lipinski definition) is 1. The molecular weight excluding hydrogens is 229 g/mol. The highest BCUT2D eigenvalue weighted by atomic mass is 35.5. The second-order valence-electron chi connectivity index (χ2n) is 4.09. The first-order valence-corrected chi connectivity index (χ1v) is 5.75. The van der Waals surface area contributed by atoms with Crippen molar-refractivity contribution >= 4 is 11.6 Å². The lowest BCUT2D eigenvalue weighted by Crippen LogP contribution is -2.35. The van der Waals surface area contributed by atoms with Crippen LogP contribution in [0.5, 0.6) is 0 Å². The molecule has 0 saturated carbocycles. The summed E-state index contributed by atoms with van der Waals surface area (Å²) in [6, 6.07) is 1.42. The zero-order chi connectivity index (χ0) is 11.7. The predicted octanol–water partition coefficient (Wildman–Crippen LogP) is 2.76.